The van der Waals surface area contributed by atoms with Crippen LogP contribution in [0.15, 0.2) is 54.6 Å². The summed E-state index contributed by atoms with van der Waals surface area (Å²) < 4.78 is 0. The average molecular weight is 243 g/mol. The molecule has 2 aromatic rings. The Morgan fingerprint density at radius 2 is 1.40 bits per heavy atom. The van der Waals surface area contributed by atoms with Crippen LogP contribution >= 0.6 is 0 Å². The predicted octanol–water partition coefficient (Wildman–Crippen LogP) is 3.26. The van der Waals surface area contributed by atoms with Crippen LogP contribution in [0.25, 0.3) is 0 Å². The number of hydrogen-bond acceptors (Lipinski definition) is 1. The summed E-state index contributed by atoms with van der Waals surface area (Å²) in [5, 5.41) is 0. The van der Waals surface area contributed by atoms with Gasteiger partial charge in [-0.2, -0.15) is 12.1 Å². The molecular weight excluding hydrogens is 226 g/mol. The van der Waals surface area contributed by atoms with E-state index in [0.29, 0.717) is 0 Å². The Hall–Kier alpha value is -0.981. The number of rotatable bonds is 2. The minimum atomic E-state index is 0. The Balaban J connectivity index is 0.000000280. The summed E-state index contributed by atoms with van der Waals surface area (Å²) in [4.78, 5) is 2.21. The van der Waals surface area contributed by atoms with Gasteiger partial charge in [0.15, 0.2) is 0 Å². The van der Waals surface area contributed by atoms with Crippen molar-refractivity contribution in [2.45, 2.75) is 6.92 Å². The molecule has 0 aliphatic rings. The van der Waals surface area contributed by atoms with E-state index in [1.165, 1.54) is 5.69 Å². The van der Waals surface area contributed by atoms with Gasteiger partial charge in [0.05, 0.1) is 0 Å². The summed E-state index contributed by atoms with van der Waals surface area (Å²) in [5.41, 5.74) is 1.30. The van der Waals surface area contributed by atoms with E-state index in [-0.39, 0.29) is 17.1 Å². The van der Waals surface area contributed by atoms with Crippen molar-refractivity contribution in [2.75, 3.05) is 18.5 Å². The SMILES string of the molecule is CCN(C)[c-]1cccc1.[Fe].[cH-]1[cH-][cH-][cH-][cH-]1. The first-order chi connectivity index (χ1) is 6.84. The molecule has 0 fully saturated rings. The minimum absolute atomic E-state index is 0. The van der Waals surface area contributed by atoms with Crippen LogP contribution in [-0.4, -0.2) is 13.6 Å². The van der Waals surface area contributed by atoms with Crippen LogP contribution in [0.1, 0.15) is 6.92 Å². The first-order valence-corrected chi connectivity index (χ1v) is 4.94. The Labute approximate surface area is 103 Å². The van der Waals surface area contributed by atoms with Gasteiger partial charge in [-0.25, -0.2) is 12.1 Å². The second-order valence-electron chi connectivity index (χ2n) is 3.12. The molecule has 0 radical (unpaired) electrons. The Bertz CT molecular complexity index is 280. The topological polar surface area (TPSA) is 3.24 Å². The van der Waals surface area contributed by atoms with Crippen molar-refractivity contribution in [1.29, 1.82) is 0 Å². The minimum Gasteiger partial charge on any atom is -0.748 e. The van der Waals surface area contributed by atoms with Gasteiger partial charge in [0, 0.05) is 23.6 Å². The maximum atomic E-state index is 2.21. The fraction of sp³-hybridized carbons (Fsp3) is 0.231. The average Bonchev–Trinajstić information content (AvgIpc) is 2.91. The maximum absolute atomic E-state index is 2.21. The molecular formula is C13H17FeN-6. The van der Waals surface area contributed by atoms with Gasteiger partial charge in [0.2, 0.25) is 0 Å². The van der Waals surface area contributed by atoms with Crippen molar-refractivity contribution in [2.24, 2.45) is 0 Å². The van der Waals surface area contributed by atoms with Crippen molar-refractivity contribution >= 4 is 5.69 Å². The normalized spacial score (nSPS) is 8.40. The molecule has 0 aliphatic carbocycles. The fourth-order valence-corrected chi connectivity index (χ4v) is 1.12. The molecule has 0 aromatic heterocycles. The zero-order valence-corrected chi connectivity index (χ0v) is 10.3. The molecule has 2 rings (SSSR count). The van der Waals surface area contributed by atoms with Crippen molar-refractivity contribution in [3.8, 4) is 0 Å². The van der Waals surface area contributed by atoms with Gasteiger partial charge in [-0.05, 0) is 14.0 Å². The smallest absolute Gasteiger partial charge is 0.00287 e. The van der Waals surface area contributed by atoms with Gasteiger partial charge in [0.1, 0.15) is 0 Å². The van der Waals surface area contributed by atoms with E-state index in [0.717, 1.165) is 6.54 Å². The molecule has 88 valence electrons. The summed E-state index contributed by atoms with van der Waals surface area (Å²) >= 11 is 0. The van der Waals surface area contributed by atoms with Crippen LogP contribution < -0.4 is 4.90 Å². The molecule has 15 heavy (non-hydrogen) atoms. The Morgan fingerprint density at radius 1 is 1.00 bits per heavy atom. The molecule has 2 heteroatoms. The van der Waals surface area contributed by atoms with Crippen molar-refractivity contribution in [3.05, 3.63) is 54.6 Å². The molecule has 1 nitrogen and oxygen atoms in total. The van der Waals surface area contributed by atoms with E-state index < -0.39 is 0 Å². The van der Waals surface area contributed by atoms with Crippen LogP contribution in [0.4, 0.5) is 5.69 Å². The third kappa shape index (κ3) is 5.46. The van der Waals surface area contributed by atoms with Gasteiger partial charge in [-0.3, -0.25) is 0 Å². The van der Waals surface area contributed by atoms with E-state index >= 15 is 0 Å². The number of anilines is 1. The molecule has 2 aromatic carbocycles. The van der Waals surface area contributed by atoms with E-state index in [4.69, 9.17) is 0 Å². The molecule has 0 saturated carbocycles. The molecule has 0 aliphatic heterocycles. The van der Waals surface area contributed by atoms with Gasteiger partial charge in [0.25, 0.3) is 0 Å². The standard InChI is InChI=1S/C8H12N.C5H5.Fe/c1-3-9(2)8-6-4-5-7-8;1-2-4-5-3-1;/h4-7H,3H2,1-2H3;1-5H;/q-1;-5;. The largest absolute Gasteiger partial charge is 0.748 e. The van der Waals surface area contributed by atoms with E-state index in [2.05, 4.69) is 43.1 Å². The fourth-order valence-electron chi connectivity index (χ4n) is 1.12. The third-order valence-electron chi connectivity index (χ3n) is 2.12. The van der Waals surface area contributed by atoms with E-state index in [9.17, 15) is 0 Å². The zero-order valence-electron chi connectivity index (χ0n) is 9.20. The van der Waals surface area contributed by atoms with Crippen LogP contribution in [0.5, 0.6) is 0 Å². The van der Waals surface area contributed by atoms with Gasteiger partial charge < -0.3 is 35.2 Å². The predicted molar refractivity (Wildman–Crippen MR) is 63.0 cm³/mol. The summed E-state index contributed by atoms with van der Waals surface area (Å²) in [7, 11) is 2.09. The monoisotopic (exact) mass is 243 g/mol. The molecule has 0 heterocycles. The summed E-state index contributed by atoms with van der Waals surface area (Å²) in [6.07, 6.45) is 0. The second-order valence-corrected chi connectivity index (χ2v) is 3.12. The van der Waals surface area contributed by atoms with Crippen molar-refractivity contribution in [3.63, 3.8) is 0 Å². The van der Waals surface area contributed by atoms with E-state index in [1.807, 2.05) is 30.3 Å². The zero-order chi connectivity index (χ0) is 10.2. The van der Waals surface area contributed by atoms with Crippen LogP contribution in [0.2, 0.25) is 0 Å². The number of nitrogens with zero attached hydrogens (tertiary/aromatic N) is 1. The molecule has 0 saturated heterocycles. The summed E-state index contributed by atoms with van der Waals surface area (Å²) in [6.45, 7) is 3.22. The maximum Gasteiger partial charge on any atom is 0.00287 e. The second kappa shape index (κ2) is 8.34. The molecule has 0 bridgehead atoms. The van der Waals surface area contributed by atoms with Crippen LogP contribution in [0.3, 0.4) is 0 Å². The molecule has 0 atom stereocenters. The Kier molecular flexibility index (Phi) is 7.79. The van der Waals surface area contributed by atoms with Gasteiger partial charge >= 0.3 is 0 Å². The van der Waals surface area contributed by atoms with Gasteiger partial charge in [-0.1, -0.05) is 5.69 Å². The summed E-state index contributed by atoms with van der Waals surface area (Å²) in [6, 6.07) is 18.3. The number of hydrogen-bond donors (Lipinski definition) is 0. The summed E-state index contributed by atoms with van der Waals surface area (Å²) in [5.74, 6) is 0. The molecule has 0 N–H and O–H groups in total. The molecule has 0 amide bonds. The first-order valence-electron chi connectivity index (χ1n) is 4.94. The molecule has 0 spiro atoms. The van der Waals surface area contributed by atoms with Crippen molar-refractivity contribution < 1.29 is 17.1 Å². The Morgan fingerprint density at radius 3 is 1.73 bits per heavy atom. The first kappa shape index (κ1) is 14.0. The van der Waals surface area contributed by atoms with Gasteiger partial charge in [-0.15, -0.1) is 0 Å². The van der Waals surface area contributed by atoms with Crippen LogP contribution in [0, 0.1) is 0 Å². The van der Waals surface area contributed by atoms with Crippen LogP contribution in [-0.2, 0) is 17.1 Å². The molecule has 0 unspecified atom stereocenters. The quantitative estimate of drug-likeness (QED) is 0.578. The van der Waals surface area contributed by atoms with Crippen molar-refractivity contribution in [1.82, 2.24) is 0 Å². The third-order valence-corrected chi connectivity index (χ3v) is 2.12. The van der Waals surface area contributed by atoms with E-state index in [1.54, 1.807) is 0 Å².